The zero-order valence-electron chi connectivity index (χ0n) is 11.6. The van der Waals surface area contributed by atoms with Gasteiger partial charge in [0.25, 0.3) is 0 Å². The Balaban J connectivity index is 1.89. The standard InChI is InChI=1S/C14H22N4O/c1-3-18(4-2)9-5-8-15-14-12-10-11(19)6-7-13(12)16-17-14/h6-7,10,19H,3-5,8-9H2,1-2H3,(H2,15,16,17). The zero-order valence-corrected chi connectivity index (χ0v) is 11.6. The number of hydrogen-bond donors (Lipinski definition) is 3. The van der Waals surface area contributed by atoms with E-state index in [-0.39, 0.29) is 5.75 Å². The van der Waals surface area contributed by atoms with Gasteiger partial charge in [-0.1, -0.05) is 13.8 Å². The van der Waals surface area contributed by atoms with Gasteiger partial charge in [0.05, 0.1) is 5.52 Å². The van der Waals surface area contributed by atoms with Crippen molar-refractivity contribution in [2.45, 2.75) is 20.3 Å². The van der Waals surface area contributed by atoms with Crippen molar-refractivity contribution in [3.05, 3.63) is 18.2 Å². The summed E-state index contributed by atoms with van der Waals surface area (Å²) in [4.78, 5) is 2.40. The molecule has 0 radical (unpaired) electrons. The summed E-state index contributed by atoms with van der Waals surface area (Å²) in [6.07, 6.45) is 1.08. The van der Waals surface area contributed by atoms with Gasteiger partial charge in [0.1, 0.15) is 5.75 Å². The fourth-order valence-electron chi connectivity index (χ4n) is 2.19. The van der Waals surface area contributed by atoms with E-state index in [1.807, 2.05) is 6.07 Å². The fourth-order valence-corrected chi connectivity index (χ4v) is 2.19. The van der Waals surface area contributed by atoms with Gasteiger partial charge in [0.2, 0.25) is 0 Å². The molecule has 0 aliphatic carbocycles. The van der Waals surface area contributed by atoms with Crippen molar-refractivity contribution < 1.29 is 5.11 Å². The number of nitrogens with one attached hydrogen (secondary N) is 2. The smallest absolute Gasteiger partial charge is 0.155 e. The SMILES string of the molecule is CCN(CC)CCCNc1n[nH]c2ccc(O)cc12. The van der Waals surface area contributed by atoms with Crippen molar-refractivity contribution in [2.24, 2.45) is 0 Å². The number of nitrogens with zero attached hydrogens (tertiary/aromatic N) is 2. The maximum Gasteiger partial charge on any atom is 0.155 e. The average Bonchev–Trinajstić information content (AvgIpc) is 2.81. The zero-order chi connectivity index (χ0) is 13.7. The van der Waals surface area contributed by atoms with Crippen molar-refractivity contribution in [1.82, 2.24) is 15.1 Å². The molecule has 0 fully saturated rings. The number of rotatable bonds is 7. The van der Waals surface area contributed by atoms with E-state index in [0.29, 0.717) is 0 Å². The first-order chi connectivity index (χ1) is 9.24. The van der Waals surface area contributed by atoms with Gasteiger partial charge in [-0.25, -0.2) is 0 Å². The molecule has 1 aromatic carbocycles. The van der Waals surface area contributed by atoms with E-state index < -0.39 is 0 Å². The second kappa shape index (κ2) is 6.43. The molecular weight excluding hydrogens is 240 g/mol. The Morgan fingerprint density at radius 2 is 2.11 bits per heavy atom. The normalized spacial score (nSPS) is 11.3. The summed E-state index contributed by atoms with van der Waals surface area (Å²) in [7, 11) is 0. The highest BCUT2D eigenvalue weighted by atomic mass is 16.3. The van der Waals surface area contributed by atoms with E-state index in [9.17, 15) is 5.11 Å². The highest BCUT2D eigenvalue weighted by Gasteiger charge is 2.06. The molecule has 2 aromatic rings. The van der Waals surface area contributed by atoms with E-state index in [0.717, 1.165) is 49.3 Å². The van der Waals surface area contributed by atoms with Gasteiger partial charge in [-0.3, -0.25) is 5.10 Å². The number of benzene rings is 1. The molecule has 3 N–H and O–H groups in total. The summed E-state index contributed by atoms with van der Waals surface area (Å²) in [5.74, 6) is 1.07. The molecule has 5 nitrogen and oxygen atoms in total. The lowest BCUT2D eigenvalue weighted by Crippen LogP contribution is -2.25. The summed E-state index contributed by atoms with van der Waals surface area (Å²) in [5.41, 5.74) is 0.934. The number of phenolic OH excluding ortho intramolecular Hbond substituents is 1. The predicted octanol–water partition coefficient (Wildman–Crippen LogP) is 2.41. The number of anilines is 1. The number of fused-ring (bicyclic) bond motifs is 1. The van der Waals surface area contributed by atoms with Crippen LogP contribution >= 0.6 is 0 Å². The highest BCUT2D eigenvalue weighted by Crippen LogP contribution is 2.24. The van der Waals surface area contributed by atoms with Crippen LogP contribution in [0.4, 0.5) is 5.82 Å². The minimum atomic E-state index is 0.264. The van der Waals surface area contributed by atoms with Gasteiger partial charge in [-0.05, 0) is 44.3 Å². The topological polar surface area (TPSA) is 64.2 Å². The summed E-state index contributed by atoms with van der Waals surface area (Å²) in [6.45, 7) is 8.52. The van der Waals surface area contributed by atoms with Gasteiger partial charge in [0.15, 0.2) is 5.82 Å². The molecule has 2 rings (SSSR count). The molecule has 1 aromatic heterocycles. The summed E-state index contributed by atoms with van der Waals surface area (Å²) in [6, 6.07) is 5.22. The summed E-state index contributed by atoms with van der Waals surface area (Å²) < 4.78 is 0. The monoisotopic (exact) mass is 262 g/mol. The van der Waals surface area contributed by atoms with E-state index in [1.54, 1.807) is 12.1 Å². The van der Waals surface area contributed by atoms with Gasteiger partial charge in [-0.2, -0.15) is 5.10 Å². The minimum absolute atomic E-state index is 0.264. The highest BCUT2D eigenvalue weighted by molar-refractivity contribution is 5.90. The lowest BCUT2D eigenvalue weighted by Gasteiger charge is -2.17. The molecule has 0 atom stereocenters. The largest absolute Gasteiger partial charge is 0.508 e. The Morgan fingerprint density at radius 1 is 1.32 bits per heavy atom. The second-order valence-corrected chi connectivity index (χ2v) is 4.61. The Morgan fingerprint density at radius 3 is 2.84 bits per heavy atom. The molecule has 0 unspecified atom stereocenters. The molecule has 1 heterocycles. The quantitative estimate of drug-likeness (QED) is 0.670. The molecule has 0 aliphatic heterocycles. The van der Waals surface area contributed by atoms with Crippen LogP contribution in [0.1, 0.15) is 20.3 Å². The Labute approximate surface area is 113 Å². The lowest BCUT2D eigenvalue weighted by atomic mass is 10.2. The van der Waals surface area contributed by atoms with Crippen LogP contribution in [0.3, 0.4) is 0 Å². The van der Waals surface area contributed by atoms with Crippen LogP contribution in [-0.4, -0.2) is 46.4 Å². The van der Waals surface area contributed by atoms with Crippen LogP contribution in [0.2, 0.25) is 0 Å². The third-order valence-corrected chi connectivity index (χ3v) is 3.38. The van der Waals surface area contributed by atoms with Crippen LogP contribution in [-0.2, 0) is 0 Å². The molecule has 0 bridgehead atoms. The van der Waals surface area contributed by atoms with Crippen molar-refractivity contribution in [3.8, 4) is 5.75 Å². The van der Waals surface area contributed by atoms with Crippen molar-refractivity contribution in [2.75, 3.05) is 31.5 Å². The summed E-state index contributed by atoms with van der Waals surface area (Å²) in [5, 5.41) is 20.9. The van der Waals surface area contributed by atoms with Gasteiger partial charge >= 0.3 is 0 Å². The molecule has 0 aliphatic rings. The Hall–Kier alpha value is -1.75. The first-order valence-electron chi connectivity index (χ1n) is 6.88. The number of phenols is 1. The molecule has 0 saturated heterocycles. The summed E-state index contributed by atoms with van der Waals surface area (Å²) >= 11 is 0. The lowest BCUT2D eigenvalue weighted by molar-refractivity contribution is 0.303. The maximum absolute atomic E-state index is 9.51. The molecular formula is C14H22N4O. The predicted molar refractivity (Wildman–Crippen MR) is 78.7 cm³/mol. The average molecular weight is 262 g/mol. The number of aromatic nitrogens is 2. The van der Waals surface area contributed by atoms with E-state index in [1.165, 1.54) is 0 Å². The minimum Gasteiger partial charge on any atom is -0.508 e. The van der Waals surface area contributed by atoms with Crippen LogP contribution in [0, 0.1) is 0 Å². The number of aromatic hydroxyl groups is 1. The Kier molecular flexibility index (Phi) is 4.63. The van der Waals surface area contributed by atoms with Crippen LogP contribution in [0.25, 0.3) is 10.9 Å². The maximum atomic E-state index is 9.51. The van der Waals surface area contributed by atoms with E-state index in [2.05, 4.69) is 34.3 Å². The number of aromatic amines is 1. The third-order valence-electron chi connectivity index (χ3n) is 3.38. The van der Waals surface area contributed by atoms with Crippen LogP contribution < -0.4 is 5.32 Å². The van der Waals surface area contributed by atoms with Gasteiger partial charge in [-0.15, -0.1) is 0 Å². The van der Waals surface area contributed by atoms with Crippen LogP contribution in [0.5, 0.6) is 5.75 Å². The molecule has 104 valence electrons. The molecule has 0 spiro atoms. The van der Waals surface area contributed by atoms with Crippen molar-refractivity contribution in [1.29, 1.82) is 0 Å². The second-order valence-electron chi connectivity index (χ2n) is 4.61. The van der Waals surface area contributed by atoms with Crippen LogP contribution in [0.15, 0.2) is 18.2 Å². The molecule has 19 heavy (non-hydrogen) atoms. The van der Waals surface area contributed by atoms with E-state index >= 15 is 0 Å². The first-order valence-corrected chi connectivity index (χ1v) is 6.88. The molecule has 0 saturated carbocycles. The molecule has 5 heteroatoms. The third kappa shape index (κ3) is 3.38. The number of H-pyrrole nitrogens is 1. The van der Waals surface area contributed by atoms with Gasteiger partial charge < -0.3 is 15.3 Å². The van der Waals surface area contributed by atoms with Crippen molar-refractivity contribution in [3.63, 3.8) is 0 Å². The Bertz CT molecular complexity index is 519. The fraction of sp³-hybridized carbons (Fsp3) is 0.500. The van der Waals surface area contributed by atoms with E-state index in [4.69, 9.17) is 0 Å². The van der Waals surface area contributed by atoms with Gasteiger partial charge in [0, 0.05) is 11.9 Å². The first kappa shape index (κ1) is 13.7. The molecule has 0 amide bonds. The van der Waals surface area contributed by atoms with Crippen molar-refractivity contribution >= 4 is 16.7 Å². The number of hydrogen-bond acceptors (Lipinski definition) is 4.